The van der Waals surface area contributed by atoms with Gasteiger partial charge in [-0.25, -0.2) is 4.79 Å². The van der Waals surface area contributed by atoms with Crippen LogP contribution in [0, 0.1) is 5.92 Å². The molecule has 0 bridgehead atoms. The van der Waals surface area contributed by atoms with Gasteiger partial charge in [0.15, 0.2) is 0 Å². The molecule has 1 aliphatic rings. The molecule has 1 aromatic rings. The first-order valence-electron chi connectivity index (χ1n) is 7.99. The number of carboxylic acid groups (broad SMARTS) is 1. The number of nitrogens with zero attached hydrogens (tertiary/aromatic N) is 1. The molecule has 2 rings (SSSR count). The van der Waals surface area contributed by atoms with E-state index in [9.17, 15) is 9.59 Å². The largest absolute Gasteiger partial charge is 0.481 e. The van der Waals surface area contributed by atoms with E-state index < -0.39 is 11.9 Å². The van der Waals surface area contributed by atoms with Crippen LogP contribution in [0.2, 0.25) is 5.02 Å². The van der Waals surface area contributed by atoms with Crippen molar-refractivity contribution in [3.05, 3.63) is 34.9 Å². The number of nitrogens with one attached hydrogen (secondary N) is 1. The third-order valence-electron chi connectivity index (χ3n) is 4.32. The summed E-state index contributed by atoms with van der Waals surface area (Å²) in [5.41, 5.74) is 0.914. The first-order chi connectivity index (χ1) is 11.4. The Kier molecular flexibility index (Phi) is 6.45. The molecular formula is C17H23ClN2O4. The monoisotopic (exact) mass is 354 g/mol. The zero-order valence-electron chi connectivity index (χ0n) is 13.9. The Bertz CT molecular complexity index is 578. The molecule has 1 aliphatic heterocycles. The molecule has 0 saturated carbocycles. The van der Waals surface area contributed by atoms with Gasteiger partial charge in [-0.1, -0.05) is 23.7 Å². The lowest BCUT2D eigenvalue weighted by Gasteiger charge is -2.33. The number of rotatable bonds is 5. The van der Waals surface area contributed by atoms with E-state index in [2.05, 4.69) is 5.32 Å². The van der Waals surface area contributed by atoms with Gasteiger partial charge >= 0.3 is 12.0 Å². The topological polar surface area (TPSA) is 78.9 Å². The Balaban J connectivity index is 1.98. The molecule has 1 saturated heterocycles. The molecule has 3 unspecified atom stereocenters. The highest BCUT2D eigenvalue weighted by Crippen LogP contribution is 2.23. The van der Waals surface area contributed by atoms with Crippen molar-refractivity contribution in [2.75, 3.05) is 20.2 Å². The number of halogens is 1. The van der Waals surface area contributed by atoms with E-state index >= 15 is 0 Å². The Hall–Kier alpha value is -1.79. The van der Waals surface area contributed by atoms with Crippen LogP contribution in [0.25, 0.3) is 0 Å². The van der Waals surface area contributed by atoms with Gasteiger partial charge in [0.2, 0.25) is 0 Å². The molecule has 1 aromatic carbocycles. The van der Waals surface area contributed by atoms with E-state index in [1.807, 2.05) is 19.1 Å². The fourth-order valence-electron chi connectivity index (χ4n) is 3.01. The molecule has 3 atom stereocenters. The van der Waals surface area contributed by atoms with Gasteiger partial charge in [0.25, 0.3) is 0 Å². The standard InChI is InChI=1S/C17H23ClN2O4/c1-11(15(24-2)12-5-7-14(18)8-6-12)19-17(23)20-9-3-4-13(10-20)16(21)22/h5-8,11,13,15H,3-4,9-10H2,1-2H3,(H,19,23)(H,21,22). The van der Waals surface area contributed by atoms with E-state index in [4.69, 9.17) is 21.4 Å². The second kappa shape index (κ2) is 8.35. The molecule has 1 fully saturated rings. The maximum Gasteiger partial charge on any atom is 0.317 e. The van der Waals surface area contributed by atoms with Crippen LogP contribution in [-0.2, 0) is 9.53 Å². The summed E-state index contributed by atoms with van der Waals surface area (Å²) in [6.45, 7) is 2.67. The Morgan fingerprint density at radius 1 is 1.38 bits per heavy atom. The Morgan fingerprint density at radius 3 is 2.62 bits per heavy atom. The Labute approximate surface area is 146 Å². The average Bonchev–Trinajstić information content (AvgIpc) is 2.57. The number of urea groups is 1. The van der Waals surface area contributed by atoms with Crippen molar-refractivity contribution in [1.29, 1.82) is 0 Å². The smallest absolute Gasteiger partial charge is 0.317 e. The molecule has 7 heteroatoms. The highest BCUT2D eigenvalue weighted by Gasteiger charge is 2.30. The van der Waals surface area contributed by atoms with E-state index in [-0.39, 0.29) is 24.7 Å². The van der Waals surface area contributed by atoms with Crippen LogP contribution in [0.5, 0.6) is 0 Å². The first kappa shape index (κ1) is 18.5. The van der Waals surface area contributed by atoms with Crippen LogP contribution in [0.3, 0.4) is 0 Å². The van der Waals surface area contributed by atoms with Crippen LogP contribution < -0.4 is 5.32 Å². The molecule has 1 heterocycles. The summed E-state index contributed by atoms with van der Waals surface area (Å²) in [5, 5.41) is 12.7. The predicted molar refractivity (Wildman–Crippen MR) is 91.1 cm³/mol. The molecule has 2 N–H and O–H groups in total. The van der Waals surface area contributed by atoms with Crippen molar-refractivity contribution >= 4 is 23.6 Å². The molecule has 2 amide bonds. The minimum Gasteiger partial charge on any atom is -0.481 e. The number of methoxy groups -OCH3 is 1. The number of likely N-dealkylation sites (tertiary alicyclic amines) is 1. The second-order valence-corrected chi connectivity index (χ2v) is 6.51. The number of carboxylic acids is 1. The number of carbonyl (C=O) groups is 2. The fraction of sp³-hybridized carbons (Fsp3) is 0.529. The molecule has 24 heavy (non-hydrogen) atoms. The van der Waals surface area contributed by atoms with Crippen molar-refractivity contribution in [3.8, 4) is 0 Å². The molecule has 0 aromatic heterocycles. The van der Waals surface area contributed by atoms with Gasteiger partial charge in [0.05, 0.1) is 12.0 Å². The molecule has 0 spiro atoms. The number of amides is 2. The average molecular weight is 355 g/mol. The van der Waals surface area contributed by atoms with E-state index in [1.165, 1.54) is 0 Å². The summed E-state index contributed by atoms with van der Waals surface area (Å²) in [6.07, 6.45) is 0.996. The molecular weight excluding hydrogens is 332 g/mol. The third kappa shape index (κ3) is 4.61. The van der Waals surface area contributed by atoms with Gasteiger partial charge in [-0.15, -0.1) is 0 Å². The lowest BCUT2D eigenvalue weighted by atomic mass is 9.98. The van der Waals surface area contributed by atoms with E-state index in [0.29, 0.717) is 24.4 Å². The summed E-state index contributed by atoms with van der Waals surface area (Å²) >= 11 is 5.90. The van der Waals surface area contributed by atoms with Crippen LogP contribution in [0.1, 0.15) is 31.4 Å². The van der Waals surface area contributed by atoms with E-state index in [1.54, 1.807) is 24.1 Å². The number of ether oxygens (including phenoxy) is 1. The normalized spacial score (nSPS) is 20.3. The summed E-state index contributed by atoms with van der Waals surface area (Å²) in [4.78, 5) is 25.1. The molecule has 0 radical (unpaired) electrons. The maximum atomic E-state index is 12.4. The zero-order chi connectivity index (χ0) is 17.7. The zero-order valence-corrected chi connectivity index (χ0v) is 14.6. The minimum absolute atomic E-state index is 0.243. The van der Waals surface area contributed by atoms with Crippen LogP contribution in [0.4, 0.5) is 4.79 Å². The van der Waals surface area contributed by atoms with Crippen molar-refractivity contribution < 1.29 is 19.4 Å². The van der Waals surface area contributed by atoms with Crippen molar-refractivity contribution in [2.24, 2.45) is 5.92 Å². The summed E-state index contributed by atoms with van der Waals surface area (Å²) in [6, 6.07) is 6.75. The number of benzene rings is 1. The predicted octanol–water partition coefficient (Wildman–Crippen LogP) is 2.92. The Morgan fingerprint density at radius 2 is 2.04 bits per heavy atom. The highest BCUT2D eigenvalue weighted by atomic mass is 35.5. The lowest BCUT2D eigenvalue weighted by Crippen LogP contribution is -2.50. The van der Waals surface area contributed by atoms with Crippen LogP contribution >= 0.6 is 11.6 Å². The van der Waals surface area contributed by atoms with Gasteiger partial charge in [-0.05, 0) is 37.5 Å². The first-order valence-corrected chi connectivity index (χ1v) is 8.36. The van der Waals surface area contributed by atoms with Crippen LogP contribution in [0.15, 0.2) is 24.3 Å². The number of carbonyl (C=O) groups excluding carboxylic acids is 1. The SMILES string of the molecule is COC(c1ccc(Cl)cc1)C(C)NC(=O)N1CCCC(C(=O)O)C1. The van der Waals surface area contributed by atoms with Gasteiger partial charge in [-0.2, -0.15) is 0 Å². The van der Waals surface area contributed by atoms with Crippen molar-refractivity contribution in [2.45, 2.75) is 31.9 Å². The lowest BCUT2D eigenvalue weighted by molar-refractivity contribution is -0.143. The third-order valence-corrected chi connectivity index (χ3v) is 4.57. The number of hydrogen-bond donors (Lipinski definition) is 2. The second-order valence-electron chi connectivity index (χ2n) is 6.07. The fourth-order valence-corrected chi connectivity index (χ4v) is 3.13. The quantitative estimate of drug-likeness (QED) is 0.852. The molecule has 6 nitrogen and oxygen atoms in total. The van der Waals surface area contributed by atoms with Gasteiger partial charge in [0.1, 0.15) is 6.10 Å². The summed E-state index contributed by atoms with van der Waals surface area (Å²) in [5.74, 6) is -1.34. The minimum atomic E-state index is -0.850. The van der Waals surface area contributed by atoms with Crippen molar-refractivity contribution in [1.82, 2.24) is 10.2 Å². The highest BCUT2D eigenvalue weighted by molar-refractivity contribution is 6.30. The van der Waals surface area contributed by atoms with Crippen molar-refractivity contribution in [3.63, 3.8) is 0 Å². The number of aliphatic carboxylic acids is 1. The summed E-state index contributed by atoms with van der Waals surface area (Å²) < 4.78 is 5.52. The number of hydrogen-bond acceptors (Lipinski definition) is 3. The number of piperidine rings is 1. The van der Waals surface area contributed by atoms with Gasteiger partial charge in [-0.3, -0.25) is 4.79 Å². The van der Waals surface area contributed by atoms with Crippen LogP contribution in [-0.4, -0.2) is 48.2 Å². The van der Waals surface area contributed by atoms with Gasteiger partial charge in [0, 0.05) is 25.2 Å². The van der Waals surface area contributed by atoms with Gasteiger partial charge < -0.3 is 20.1 Å². The molecule has 132 valence electrons. The maximum absolute atomic E-state index is 12.4. The summed E-state index contributed by atoms with van der Waals surface area (Å²) in [7, 11) is 1.59. The molecule has 0 aliphatic carbocycles. The van der Waals surface area contributed by atoms with E-state index in [0.717, 1.165) is 5.56 Å².